The summed E-state index contributed by atoms with van der Waals surface area (Å²) < 4.78 is 0. The minimum Gasteiger partial charge on any atom is -0.0610 e. The number of hydrogen-bond donors (Lipinski definition) is 0. The molecule has 108 valence electrons. The van der Waals surface area contributed by atoms with Crippen LogP contribution in [0.15, 0.2) is 72.8 Å². The van der Waals surface area contributed by atoms with Crippen LogP contribution in [0.25, 0.3) is 65.0 Å². The van der Waals surface area contributed by atoms with Crippen molar-refractivity contribution in [3.05, 3.63) is 72.8 Å². The van der Waals surface area contributed by atoms with Crippen LogP contribution in [-0.4, -0.2) is 0 Å². The van der Waals surface area contributed by atoms with Gasteiger partial charge in [-0.3, -0.25) is 0 Å². The molecule has 0 N–H and O–H groups in total. The van der Waals surface area contributed by atoms with Crippen LogP contribution >= 0.6 is 0 Å². The minimum absolute atomic E-state index is 1.35. The van der Waals surface area contributed by atoms with Gasteiger partial charge in [-0.25, -0.2) is 0 Å². The van der Waals surface area contributed by atoms with Crippen LogP contribution in [0.3, 0.4) is 0 Å². The lowest BCUT2D eigenvalue weighted by molar-refractivity contribution is 1.78. The Morgan fingerprint density at radius 3 is 1.83 bits per heavy atom. The zero-order valence-corrected chi connectivity index (χ0v) is 12.9. The zero-order chi connectivity index (χ0) is 15.4. The average molecular weight is 300 g/mol. The normalized spacial score (nSPS) is 13.0. The molecule has 0 spiro atoms. The summed E-state index contributed by atoms with van der Waals surface area (Å²) in [6.45, 7) is 0. The van der Waals surface area contributed by atoms with Crippen molar-refractivity contribution < 1.29 is 0 Å². The van der Waals surface area contributed by atoms with Gasteiger partial charge in [0.1, 0.15) is 0 Å². The molecule has 0 bridgehead atoms. The van der Waals surface area contributed by atoms with Gasteiger partial charge in [0.25, 0.3) is 0 Å². The molecule has 0 saturated carbocycles. The van der Waals surface area contributed by atoms with E-state index in [9.17, 15) is 0 Å². The summed E-state index contributed by atoms with van der Waals surface area (Å²) in [5.41, 5.74) is 2.80. The molecule has 0 aromatic heterocycles. The second-order valence-electron chi connectivity index (χ2n) is 6.95. The van der Waals surface area contributed by atoms with Gasteiger partial charge in [-0.1, -0.05) is 66.7 Å². The molecule has 0 heteroatoms. The van der Waals surface area contributed by atoms with Crippen molar-refractivity contribution in [3.63, 3.8) is 0 Å². The summed E-state index contributed by atoms with van der Waals surface area (Å²) >= 11 is 0. The van der Waals surface area contributed by atoms with Crippen molar-refractivity contribution in [2.75, 3.05) is 0 Å². The molecule has 0 heterocycles. The van der Waals surface area contributed by atoms with E-state index in [1.54, 1.807) is 0 Å². The molecule has 0 saturated heterocycles. The molecule has 0 atom stereocenters. The summed E-state index contributed by atoms with van der Waals surface area (Å²) in [6, 6.07) is 27.2. The van der Waals surface area contributed by atoms with Gasteiger partial charge in [-0.2, -0.15) is 0 Å². The van der Waals surface area contributed by atoms with Gasteiger partial charge in [-0.05, 0) is 71.1 Å². The topological polar surface area (TPSA) is 0 Å². The first kappa shape index (κ1) is 11.4. The SMILES string of the molecule is c1cc2c3c(c1)cc1cccc4c5cccc6ccc-2c(c65)c3c14. The maximum Gasteiger partial charge on any atom is -0.000160 e. The third-order valence-corrected chi connectivity index (χ3v) is 5.88. The highest BCUT2D eigenvalue weighted by Crippen LogP contribution is 2.52. The second-order valence-corrected chi connectivity index (χ2v) is 6.95. The van der Waals surface area contributed by atoms with E-state index in [0.717, 1.165) is 0 Å². The Hall–Kier alpha value is -3.12. The summed E-state index contributed by atoms with van der Waals surface area (Å²) in [7, 11) is 0. The Kier molecular flexibility index (Phi) is 1.67. The highest BCUT2D eigenvalue weighted by atomic mass is 14.3. The van der Waals surface area contributed by atoms with Crippen LogP contribution < -0.4 is 0 Å². The Labute approximate surface area is 138 Å². The van der Waals surface area contributed by atoms with E-state index in [-0.39, 0.29) is 0 Å². The molecule has 0 nitrogen and oxygen atoms in total. The highest BCUT2D eigenvalue weighted by molar-refractivity contribution is 6.44. The highest BCUT2D eigenvalue weighted by Gasteiger charge is 2.24. The predicted molar refractivity (Wildman–Crippen MR) is 104 cm³/mol. The maximum absolute atomic E-state index is 2.36. The van der Waals surface area contributed by atoms with Gasteiger partial charge in [0.05, 0.1) is 0 Å². The molecule has 0 aliphatic heterocycles. The summed E-state index contributed by atoms with van der Waals surface area (Å²) in [4.78, 5) is 0. The van der Waals surface area contributed by atoms with Gasteiger partial charge >= 0.3 is 0 Å². The van der Waals surface area contributed by atoms with E-state index >= 15 is 0 Å². The number of fused-ring (bicyclic) bond motifs is 2. The van der Waals surface area contributed by atoms with E-state index in [1.807, 2.05) is 0 Å². The van der Waals surface area contributed by atoms with Crippen LogP contribution in [0.4, 0.5) is 0 Å². The molecule has 7 rings (SSSR count). The molecule has 6 aromatic rings. The third kappa shape index (κ3) is 1.05. The van der Waals surface area contributed by atoms with Gasteiger partial charge < -0.3 is 0 Å². The smallest absolute Gasteiger partial charge is 0.000160 e. The first-order chi connectivity index (χ1) is 11.9. The van der Waals surface area contributed by atoms with Gasteiger partial charge in [0.15, 0.2) is 0 Å². The van der Waals surface area contributed by atoms with Crippen LogP contribution in [0, 0.1) is 0 Å². The van der Waals surface area contributed by atoms with Gasteiger partial charge in [0, 0.05) is 0 Å². The molecule has 1 aliphatic carbocycles. The summed E-state index contributed by atoms with van der Waals surface area (Å²) in [6.07, 6.45) is 0. The second kappa shape index (κ2) is 3.52. The van der Waals surface area contributed by atoms with E-state index in [0.29, 0.717) is 0 Å². The quantitative estimate of drug-likeness (QED) is 0.212. The maximum atomic E-state index is 2.36. The molecule has 24 heavy (non-hydrogen) atoms. The van der Waals surface area contributed by atoms with Crippen LogP contribution in [0.1, 0.15) is 0 Å². The summed E-state index contributed by atoms with van der Waals surface area (Å²) in [5, 5.41) is 14.1. The Morgan fingerprint density at radius 1 is 0.375 bits per heavy atom. The molecular weight excluding hydrogens is 288 g/mol. The van der Waals surface area contributed by atoms with Gasteiger partial charge in [-0.15, -0.1) is 0 Å². The van der Waals surface area contributed by atoms with Crippen LogP contribution in [0.2, 0.25) is 0 Å². The lowest BCUT2D eigenvalue weighted by Gasteiger charge is -2.13. The Balaban J connectivity index is 2.07. The molecule has 0 fully saturated rings. The fourth-order valence-electron chi connectivity index (χ4n) is 5.02. The van der Waals surface area contributed by atoms with Gasteiger partial charge in [0.2, 0.25) is 0 Å². The number of rotatable bonds is 0. The monoisotopic (exact) mass is 300 g/mol. The molecule has 6 aromatic carbocycles. The van der Waals surface area contributed by atoms with Crippen molar-refractivity contribution in [2.24, 2.45) is 0 Å². The van der Waals surface area contributed by atoms with Crippen molar-refractivity contribution in [1.82, 2.24) is 0 Å². The first-order valence-electron chi connectivity index (χ1n) is 8.47. The molecule has 0 unspecified atom stereocenters. The van der Waals surface area contributed by atoms with Crippen LogP contribution in [-0.2, 0) is 0 Å². The average Bonchev–Trinajstić information content (AvgIpc) is 2.98. The lowest BCUT2D eigenvalue weighted by Crippen LogP contribution is -1.85. The predicted octanol–water partition coefficient (Wildman–Crippen LogP) is 6.87. The Morgan fingerprint density at radius 2 is 1.00 bits per heavy atom. The van der Waals surface area contributed by atoms with Crippen molar-refractivity contribution in [1.29, 1.82) is 0 Å². The van der Waals surface area contributed by atoms with E-state index in [2.05, 4.69) is 72.8 Å². The fraction of sp³-hybridized carbons (Fsp3) is 0. The standard InChI is InChI=1S/C24H12/c1-4-13-10-11-19-18-9-3-6-15-12-14-5-2-8-17-16(7-1)20(13)23(19)24(21(14)17)22(15)18/h1-12H. The van der Waals surface area contributed by atoms with E-state index in [1.165, 1.54) is 65.0 Å². The van der Waals surface area contributed by atoms with Crippen molar-refractivity contribution in [2.45, 2.75) is 0 Å². The molecular formula is C24H12. The lowest BCUT2D eigenvalue weighted by atomic mass is 9.89. The summed E-state index contributed by atoms with van der Waals surface area (Å²) in [5.74, 6) is 0. The molecule has 0 radical (unpaired) electrons. The zero-order valence-electron chi connectivity index (χ0n) is 12.9. The molecule has 0 amide bonds. The van der Waals surface area contributed by atoms with Crippen LogP contribution in [0.5, 0.6) is 0 Å². The van der Waals surface area contributed by atoms with Crippen molar-refractivity contribution >= 4 is 53.9 Å². The molecule has 1 aliphatic rings. The number of hydrogen-bond acceptors (Lipinski definition) is 0. The third-order valence-electron chi connectivity index (χ3n) is 5.88. The largest absolute Gasteiger partial charge is 0.0610 e. The Bertz CT molecular complexity index is 1490. The van der Waals surface area contributed by atoms with Crippen molar-refractivity contribution in [3.8, 4) is 11.1 Å². The fourth-order valence-corrected chi connectivity index (χ4v) is 5.02. The van der Waals surface area contributed by atoms with E-state index in [4.69, 9.17) is 0 Å². The first-order valence-corrected chi connectivity index (χ1v) is 8.47. The number of benzene rings is 6. The van der Waals surface area contributed by atoms with E-state index < -0.39 is 0 Å². The minimum atomic E-state index is 1.35.